The third-order valence-electron chi connectivity index (χ3n) is 3.24. The lowest BCUT2D eigenvalue weighted by Crippen LogP contribution is -2.10. The van der Waals surface area contributed by atoms with Crippen LogP contribution >= 0.6 is 11.8 Å². The number of rotatable bonds is 4. The summed E-state index contributed by atoms with van der Waals surface area (Å²) in [5.74, 6) is 0. The van der Waals surface area contributed by atoms with E-state index in [4.69, 9.17) is 4.42 Å². The van der Waals surface area contributed by atoms with Crippen LogP contribution in [0.3, 0.4) is 0 Å². The Labute approximate surface area is 133 Å². The fourth-order valence-electron chi connectivity index (χ4n) is 2.41. The lowest BCUT2D eigenvalue weighted by Gasteiger charge is -2.10. The SMILES string of the molecule is CSc1oc2ccccc2c1-c1ccccc1NS(C)(=O)=O. The summed E-state index contributed by atoms with van der Waals surface area (Å²) in [5, 5.41) is 1.73. The van der Waals surface area contributed by atoms with Gasteiger partial charge in [0.1, 0.15) is 5.58 Å². The smallest absolute Gasteiger partial charge is 0.229 e. The van der Waals surface area contributed by atoms with Crippen molar-refractivity contribution in [3.63, 3.8) is 0 Å². The van der Waals surface area contributed by atoms with Gasteiger partial charge in [-0.25, -0.2) is 8.42 Å². The van der Waals surface area contributed by atoms with E-state index in [2.05, 4.69) is 4.72 Å². The van der Waals surface area contributed by atoms with Crippen LogP contribution in [0, 0.1) is 0 Å². The van der Waals surface area contributed by atoms with Gasteiger partial charge >= 0.3 is 0 Å². The first-order valence-corrected chi connectivity index (χ1v) is 9.74. The number of furan rings is 1. The highest BCUT2D eigenvalue weighted by molar-refractivity contribution is 7.98. The lowest BCUT2D eigenvalue weighted by atomic mass is 10.0. The van der Waals surface area contributed by atoms with Crippen LogP contribution in [0.1, 0.15) is 0 Å². The third-order valence-corrected chi connectivity index (χ3v) is 4.49. The van der Waals surface area contributed by atoms with Gasteiger partial charge in [-0.1, -0.05) is 48.2 Å². The molecule has 3 rings (SSSR count). The lowest BCUT2D eigenvalue weighted by molar-refractivity contribution is 0.518. The molecule has 0 aliphatic carbocycles. The van der Waals surface area contributed by atoms with Crippen molar-refractivity contribution in [3.05, 3.63) is 48.5 Å². The zero-order valence-corrected chi connectivity index (χ0v) is 13.8. The van der Waals surface area contributed by atoms with Gasteiger partial charge in [-0.2, -0.15) is 0 Å². The van der Waals surface area contributed by atoms with Crippen LogP contribution in [0.4, 0.5) is 5.69 Å². The molecule has 1 heterocycles. The molecule has 22 heavy (non-hydrogen) atoms. The maximum atomic E-state index is 11.6. The minimum atomic E-state index is -3.35. The predicted molar refractivity (Wildman–Crippen MR) is 91.9 cm³/mol. The Morgan fingerprint density at radius 2 is 1.73 bits per heavy atom. The molecule has 114 valence electrons. The molecule has 0 atom stereocenters. The van der Waals surface area contributed by atoms with E-state index in [-0.39, 0.29) is 0 Å². The Bertz CT molecular complexity index is 929. The third kappa shape index (κ3) is 2.84. The van der Waals surface area contributed by atoms with Crippen molar-refractivity contribution in [3.8, 4) is 11.1 Å². The average Bonchev–Trinajstić information content (AvgIpc) is 2.84. The van der Waals surface area contributed by atoms with Gasteiger partial charge in [0, 0.05) is 16.5 Å². The minimum absolute atomic E-state index is 0.548. The van der Waals surface area contributed by atoms with Crippen LogP contribution < -0.4 is 4.72 Å². The van der Waals surface area contributed by atoms with Gasteiger partial charge in [-0.3, -0.25) is 4.72 Å². The zero-order valence-electron chi connectivity index (χ0n) is 12.2. The molecule has 4 nitrogen and oxygen atoms in total. The number of fused-ring (bicyclic) bond motifs is 1. The summed E-state index contributed by atoms with van der Waals surface area (Å²) >= 11 is 1.50. The number of sulfonamides is 1. The predicted octanol–water partition coefficient (Wildman–Crippen LogP) is 4.19. The molecule has 0 amide bonds. The molecule has 2 aromatic carbocycles. The van der Waals surface area contributed by atoms with Gasteiger partial charge in [0.25, 0.3) is 0 Å². The molecular weight excluding hydrogens is 318 g/mol. The number of para-hydroxylation sites is 2. The Kier molecular flexibility index (Phi) is 3.88. The number of anilines is 1. The molecule has 3 aromatic rings. The Morgan fingerprint density at radius 3 is 2.45 bits per heavy atom. The molecule has 0 aliphatic heterocycles. The Hall–Kier alpha value is -1.92. The highest BCUT2D eigenvalue weighted by atomic mass is 32.2. The monoisotopic (exact) mass is 333 g/mol. The molecule has 0 spiro atoms. The van der Waals surface area contributed by atoms with Crippen LogP contribution in [0.2, 0.25) is 0 Å². The van der Waals surface area contributed by atoms with E-state index in [0.717, 1.165) is 33.4 Å². The molecule has 0 radical (unpaired) electrons. The molecular formula is C16H15NO3S2. The summed E-state index contributed by atoms with van der Waals surface area (Å²) in [7, 11) is -3.35. The second-order valence-corrected chi connectivity index (χ2v) is 7.41. The van der Waals surface area contributed by atoms with E-state index in [1.165, 1.54) is 11.8 Å². The summed E-state index contributed by atoms with van der Waals surface area (Å²) in [6, 6.07) is 15.1. The standard InChI is InChI=1S/C16H15NO3S2/c1-21-16-15(12-8-4-6-10-14(12)20-16)11-7-3-5-9-13(11)17-22(2,18)19/h3-10,17H,1-2H3. The maximum Gasteiger partial charge on any atom is 0.229 e. The summed E-state index contributed by atoms with van der Waals surface area (Å²) in [6.45, 7) is 0. The second kappa shape index (κ2) is 5.70. The van der Waals surface area contributed by atoms with Crippen LogP contribution in [0.5, 0.6) is 0 Å². The van der Waals surface area contributed by atoms with E-state index < -0.39 is 10.0 Å². The van der Waals surface area contributed by atoms with Gasteiger partial charge in [0.2, 0.25) is 10.0 Å². The van der Waals surface area contributed by atoms with E-state index in [9.17, 15) is 8.42 Å². The molecule has 0 aliphatic rings. The highest BCUT2D eigenvalue weighted by Gasteiger charge is 2.18. The van der Waals surface area contributed by atoms with Crippen molar-refractivity contribution in [1.82, 2.24) is 0 Å². The minimum Gasteiger partial charge on any atom is -0.449 e. The number of benzene rings is 2. The summed E-state index contributed by atoms with van der Waals surface area (Å²) in [4.78, 5) is 0. The quantitative estimate of drug-likeness (QED) is 0.727. The fourth-order valence-corrected chi connectivity index (χ4v) is 3.59. The average molecular weight is 333 g/mol. The second-order valence-electron chi connectivity index (χ2n) is 4.88. The molecule has 0 saturated heterocycles. The topological polar surface area (TPSA) is 59.3 Å². The van der Waals surface area contributed by atoms with Gasteiger partial charge < -0.3 is 4.42 Å². The number of thioether (sulfide) groups is 1. The van der Waals surface area contributed by atoms with Crippen molar-refractivity contribution < 1.29 is 12.8 Å². The molecule has 0 unspecified atom stereocenters. The van der Waals surface area contributed by atoms with E-state index in [1.807, 2.05) is 42.7 Å². The first-order valence-electron chi connectivity index (χ1n) is 6.62. The molecule has 0 fully saturated rings. The zero-order chi connectivity index (χ0) is 15.7. The van der Waals surface area contributed by atoms with Crippen molar-refractivity contribution >= 4 is 38.4 Å². The number of hydrogen-bond acceptors (Lipinski definition) is 4. The normalized spacial score (nSPS) is 11.7. The Morgan fingerprint density at radius 1 is 1.05 bits per heavy atom. The van der Waals surface area contributed by atoms with E-state index in [0.29, 0.717) is 5.69 Å². The van der Waals surface area contributed by atoms with Gasteiger partial charge in [0.15, 0.2) is 5.09 Å². The maximum absolute atomic E-state index is 11.6. The molecule has 0 saturated carbocycles. The van der Waals surface area contributed by atoms with Crippen LogP contribution in [-0.4, -0.2) is 20.9 Å². The molecule has 0 bridgehead atoms. The molecule has 1 N–H and O–H groups in total. The first kappa shape index (κ1) is 15.0. The fraction of sp³-hybridized carbons (Fsp3) is 0.125. The summed E-state index contributed by atoms with van der Waals surface area (Å²) in [6.07, 6.45) is 3.08. The highest BCUT2D eigenvalue weighted by Crippen LogP contribution is 2.42. The van der Waals surface area contributed by atoms with Crippen molar-refractivity contribution in [2.45, 2.75) is 5.09 Å². The van der Waals surface area contributed by atoms with Crippen LogP contribution in [0.15, 0.2) is 58.0 Å². The van der Waals surface area contributed by atoms with Crippen molar-refractivity contribution in [2.24, 2.45) is 0 Å². The van der Waals surface area contributed by atoms with E-state index in [1.54, 1.807) is 12.1 Å². The van der Waals surface area contributed by atoms with Crippen molar-refractivity contribution in [2.75, 3.05) is 17.2 Å². The van der Waals surface area contributed by atoms with Crippen LogP contribution in [0.25, 0.3) is 22.1 Å². The van der Waals surface area contributed by atoms with Gasteiger partial charge in [-0.05, 0) is 18.4 Å². The largest absolute Gasteiger partial charge is 0.449 e. The van der Waals surface area contributed by atoms with Crippen LogP contribution in [-0.2, 0) is 10.0 Å². The van der Waals surface area contributed by atoms with E-state index >= 15 is 0 Å². The first-order chi connectivity index (χ1) is 10.5. The van der Waals surface area contributed by atoms with Gasteiger partial charge in [0.05, 0.1) is 11.9 Å². The summed E-state index contributed by atoms with van der Waals surface area (Å²) < 4.78 is 31.7. The number of hydrogen-bond donors (Lipinski definition) is 1. The Balaban J connectivity index is 2.28. The summed E-state index contributed by atoms with van der Waals surface area (Å²) in [5.41, 5.74) is 3.06. The number of nitrogens with one attached hydrogen (secondary N) is 1. The van der Waals surface area contributed by atoms with Crippen molar-refractivity contribution in [1.29, 1.82) is 0 Å². The molecule has 6 heteroatoms. The molecule has 1 aromatic heterocycles. The van der Waals surface area contributed by atoms with Gasteiger partial charge in [-0.15, -0.1) is 0 Å².